The van der Waals surface area contributed by atoms with E-state index in [0.29, 0.717) is 26.5 Å². The Morgan fingerprint density at radius 1 is 0.969 bits per heavy atom. The highest BCUT2D eigenvalue weighted by molar-refractivity contribution is 8.08. The molecule has 162 valence electrons. The van der Waals surface area contributed by atoms with Crippen molar-refractivity contribution in [2.45, 2.75) is 11.8 Å². The molecule has 2 aliphatic heterocycles. The van der Waals surface area contributed by atoms with Gasteiger partial charge < -0.3 is 9.47 Å². The highest BCUT2D eigenvalue weighted by Gasteiger charge is 2.40. The molecule has 1 saturated heterocycles. The van der Waals surface area contributed by atoms with Gasteiger partial charge in [-0.2, -0.15) is 0 Å². The van der Waals surface area contributed by atoms with E-state index in [2.05, 4.69) is 0 Å². The standard InChI is InChI=1S/C23H20N4O2S3/c1-4-26-19(28)17(27(23(26)30)14-10-6-5-7-11-14)21-25(3)20(29)18(32-21)22-24(2)15-12-8-9-13-16(15)31-22/h5-13H,4H2,1-3H3/b21-17?,22-18-. The van der Waals surface area contributed by atoms with Crippen LogP contribution >= 0.6 is 35.3 Å². The first-order chi connectivity index (χ1) is 15.4. The van der Waals surface area contributed by atoms with Crippen molar-refractivity contribution in [3.8, 4) is 0 Å². The number of thioether (sulfide) groups is 1. The molecular formula is C23H20N4O2S3. The van der Waals surface area contributed by atoms with Crippen LogP contribution in [0, 0.1) is 0 Å². The van der Waals surface area contributed by atoms with E-state index in [1.165, 1.54) is 11.3 Å². The summed E-state index contributed by atoms with van der Waals surface area (Å²) in [4.78, 5) is 33.2. The van der Waals surface area contributed by atoms with Crippen LogP contribution in [0.15, 0.2) is 64.3 Å². The number of hydrogen-bond acceptors (Lipinski definition) is 6. The number of thiazole rings is 1. The van der Waals surface area contributed by atoms with E-state index in [4.69, 9.17) is 12.2 Å². The van der Waals surface area contributed by atoms with E-state index in [1.54, 1.807) is 33.2 Å². The molecule has 0 saturated carbocycles. The molecule has 1 fully saturated rings. The molecule has 0 atom stereocenters. The van der Waals surface area contributed by atoms with Crippen LogP contribution in [0.2, 0.25) is 0 Å². The molecule has 3 aromatic rings. The maximum atomic E-state index is 13.4. The molecule has 0 aliphatic carbocycles. The lowest BCUT2D eigenvalue weighted by Gasteiger charge is -2.19. The fraction of sp³-hybridized carbons (Fsp3) is 0.174. The van der Waals surface area contributed by atoms with Gasteiger partial charge in [-0.05, 0) is 43.4 Å². The lowest BCUT2D eigenvalue weighted by Crippen LogP contribution is -2.34. The van der Waals surface area contributed by atoms with Crippen molar-refractivity contribution >= 4 is 68.4 Å². The zero-order chi connectivity index (χ0) is 22.6. The van der Waals surface area contributed by atoms with E-state index in [1.807, 2.05) is 73.5 Å². The Labute approximate surface area is 198 Å². The van der Waals surface area contributed by atoms with Crippen molar-refractivity contribution in [2.24, 2.45) is 7.05 Å². The lowest BCUT2D eigenvalue weighted by atomic mass is 10.3. The summed E-state index contributed by atoms with van der Waals surface area (Å²) in [6, 6.07) is 17.6. The molecule has 0 radical (unpaired) electrons. The Kier molecular flexibility index (Phi) is 5.19. The maximum absolute atomic E-state index is 13.4. The topological polar surface area (TPSA) is 48.8 Å². The number of amides is 1. The van der Waals surface area contributed by atoms with Crippen molar-refractivity contribution in [2.75, 3.05) is 23.4 Å². The molecule has 3 heterocycles. The Bertz CT molecular complexity index is 1440. The Morgan fingerprint density at radius 2 is 1.66 bits per heavy atom. The van der Waals surface area contributed by atoms with Crippen LogP contribution in [-0.2, 0) is 11.8 Å². The molecule has 9 heteroatoms. The third kappa shape index (κ3) is 3.03. The predicted octanol–water partition coefficient (Wildman–Crippen LogP) is 2.52. The maximum Gasteiger partial charge on any atom is 0.280 e. The van der Waals surface area contributed by atoms with Crippen molar-refractivity contribution in [3.63, 3.8) is 0 Å². The van der Waals surface area contributed by atoms with Crippen LogP contribution in [0.25, 0.3) is 10.7 Å². The minimum absolute atomic E-state index is 0.124. The first-order valence-corrected chi connectivity index (χ1v) is 12.1. The molecule has 6 nitrogen and oxygen atoms in total. The van der Waals surface area contributed by atoms with Gasteiger partial charge in [0.2, 0.25) is 0 Å². The zero-order valence-electron chi connectivity index (χ0n) is 17.7. The summed E-state index contributed by atoms with van der Waals surface area (Å²) in [7, 11) is 3.68. The second-order valence-electron chi connectivity index (χ2n) is 7.39. The summed E-state index contributed by atoms with van der Waals surface area (Å²) in [5.74, 6) is -0.189. The van der Waals surface area contributed by atoms with Crippen LogP contribution in [0.5, 0.6) is 0 Å². The molecule has 32 heavy (non-hydrogen) atoms. The third-order valence-electron chi connectivity index (χ3n) is 5.56. The van der Waals surface area contributed by atoms with Gasteiger partial charge in [0.25, 0.3) is 11.5 Å². The first-order valence-electron chi connectivity index (χ1n) is 10.1. The first kappa shape index (κ1) is 21.0. The van der Waals surface area contributed by atoms with Crippen molar-refractivity contribution in [1.82, 2.24) is 9.47 Å². The number of hydrogen-bond donors (Lipinski definition) is 0. The molecular weight excluding hydrogens is 460 g/mol. The fourth-order valence-corrected chi connectivity index (χ4v) is 6.78. The summed E-state index contributed by atoms with van der Waals surface area (Å²) in [5.41, 5.74) is 2.16. The monoisotopic (exact) mass is 480 g/mol. The largest absolute Gasteiger partial charge is 0.337 e. The van der Waals surface area contributed by atoms with Gasteiger partial charge in [0.15, 0.2) is 5.11 Å². The third-order valence-corrected chi connectivity index (χ3v) is 8.56. The summed E-state index contributed by atoms with van der Waals surface area (Å²) in [6.45, 7) is 2.36. The Balaban J connectivity index is 1.80. The summed E-state index contributed by atoms with van der Waals surface area (Å²) in [6.07, 6.45) is 0. The highest BCUT2D eigenvalue weighted by Crippen LogP contribution is 2.45. The molecule has 0 bridgehead atoms. The number of carbonyl (C=O) groups is 1. The van der Waals surface area contributed by atoms with Crippen LogP contribution in [-0.4, -0.2) is 34.1 Å². The van der Waals surface area contributed by atoms with Gasteiger partial charge in [-0.15, -0.1) is 11.3 Å². The van der Waals surface area contributed by atoms with Crippen molar-refractivity contribution in [1.29, 1.82) is 0 Å². The molecule has 1 amide bonds. The molecule has 1 aromatic heterocycles. The van der Waals surface area contributed by atoms with Crippen LogP contribution < -0.4 is 24.6 Å². The predicted molar refractivity (Wildman–Crippen MR) is 135 cm³/mol. The quantitative estimate of drug-likeness (QED) is 0.526. The summed E-state index contributed by atoms with van der Waals surface area (Å²) in [5, 5.41) is 1.30. The molecule has 2 aromatic carbocycles. The van der Waals surface area contributed by atoms with Gasteiger partial charge in [-0.3, -0.25) is 19.4 Å². The number of fused-ring (bicyclic) bond motifs is 1. The number of para-hydroxylation sites is 2. The fourth-order valence-electron chi connectivity index (χ4n) is 3.91. The average Bonchev–Trinajstić information content (AvgIpc) is 3.38. The number of aromatic nitrogens is 1. The van der Waals surface area contributed by atoms with E-state index >= 15 is 0 Å². The number of benzene rings is 2. The summed E-state index contributed by atoms with van der Waals surface area (Å²) >= 11 is 8.58. The highest BCUT2D eigenvalue weighted by atomic mass is 32.2. The molecule has 0 spiro atoms. The second-order valence-corrected chi connectivity index (χ2v) is 9.78. The van der Waals surface area contributed by atoms with Crippen molar-refractivity contribution in [3.05, 3.63) is 74.1 Å². The number of likely N-dealkylation sites (N-methyl/N-ethyl adjacent to an activating group) is 1. The van der Waals surface area contributed by atoms with Gasteiger partial charge in [0.1, 0.15) is 19.9 Å². The Morgan fingerprint density at radius 3 is 2.34 bits per heavy atom. The van der Waals surface area contributed by atoms with E-state index in [9.17, 15) is 9.59 Å². The normalized spacial score (nSPS) is 19.3. The van der Waals surface area contributed by atoms with Gasteiger partial charge in [0, 0.05) is 31.2 Å². The van der Waals surface area contributed by atoms with Gasteiger partial charge in [-0.1, -0.05) is 42.1 Å². The van der Waals surface area contributed by atoms with E-state index in [0.717, 1.165) is 21.3 Å². The average molecular weight is 481 g/mol. The van der Waals surface area contributed by atoms with Gasteiger partial charge >= 0.3 is 0 Å². The molecule has 5 rings (SSSR count). The second kappa shape index (κ2) is 7.91. The zero-order valence-corrected chi connectivity index (χ0v) is 20.2. The van der Waals surface area contributed by atoms with E-state index in [-0.39, 0.29) is 11.5 Å². The molecule has 0 N–H and O–H groups in total. The molecule has 2 aliphatic rings. The Hall–Kier alpha value is -2.88. The number of anilines is 2. The number of rotatable bonds is 2. The smallest absolute Gasteiger partial charge is 0.280 e. The lowest BCUT2D eigenvalue weighted by molar-refractivity contribution is -0.120. The minimum Gasteiger partial charge on any atom is -0.337 e. The van der Waals surface area contributed by atoms with Gasteiger partial charge in [-0.25, -0.2) is 0 Å². The summed E-state index contributed by atoms with van der Waals surface area (Å²) < 4.78 is 2.77. The van der Waals surface area contributed by atoms with Gasteiger partial charge in [0.05, 0.1) is 5.69 Å². The number of carbonyl (C=O) groups excluding carboxylic acids is 1. The van der Waals surface area contributed by atoms with Crippen LogP contribution in [0.1, 0.15) is 6.92 Å². The van der Waals surface area contributed by atoms with Crippen molar-refractivity contribution < 1.29 is 4.79 Å². The SMILES string of the molecule is CCN1C(=O)C(=c2s/c(=C3\Sc4ccccc4N3C)c(=O)n2C)N(c2ccccc2)C1=S. The van der Waals surface area contributed by atoms with Crippen LogP contribution in [0.3, 0.4) is 0 Å². The minimum atomic E-state index is -0.189. The molecule has 0 unspecified atom stereocenters. The van der Waals surface area contributed by atoms with Crippen LogP contribution in [0.4, 0.5) is 11.4 Å². The number of nitrogens with zero attached hydrogens (tertiary/aromatic N) is 4. The van der Waals surface area contributed by atoms with E-state index < -0.39 is 0 Å². The number of thiocarbonyl (C=S) groups is 1.